The van der Waals surface area contributed by atoms with E-state index in [4.69, 9.17) is 4.74 Å². The van der Waals surface area contributed by atoms with E-state index in [-0.39, 0.29) is 18.2 Å². The molecule has 0 aliphatic rings. The van der Waals surface area contributed by atoms with Crippen molar-refractivity contribution in [3.05, 3.63) is 53.1 Å². The Morgan fingerprint density at radius 3 is 2.68 bits per heavy atom. The topological polar surface area (TPSA) is 77.6 Å². The Labute approximate surface area is 145 Å². The van der Waals surface area contributed by atoms with Crippen LogP contribution in [0.15, 0.2) is 30.5 Å². The minimum atomic E-state index is -0.567. The normalized spacial score (nSPS) is 10.9. The summed E-state index contributed by atoms with van der Waals surface area (Å²) in [5.41, 5.74) is 3.03. The molecule has 3 heterocycles. The van der Waals surface area contributed by atoms with Crippen LogP contribution in [0.2, 0.25) is 0 Å². The predicted octanol–water partition coefficient (Wildman–Crippen LogP) is 2.72. The molecule has 7 heteroatoms. The highest BCUT2D eigenvalue weighted by Gasteiger charge is 2.23. The van der Waals surface area contributed by atoms with Gasteiger partial charge in [-0.1, -0.05) is 6.07 Å². The Balaban J connectivity index is 2.05. The molecule has 0 unspecified atom stereocenters. The number of aromatic nitrogens is 3. The highest BCUT2D eigenvalue weighted by atomic mass is 16.5. The zero-order chi connectivity index (χ0) is 18.1. The van der Waals surface area contributed by atoms with Gasteiger partial charge < -0.3 is 14.6 Å². The summed E-state index contributed by atoms with van der Waals surface area (Å²) in [4.78, 5) is 29.3. The number of esters is 1. The second-order valence-corrected chi connectivity index (χ2v) is 5.76. The fourth-order valence-corrected chi connectivity index (χ4v) is 2.72. The summed E-state index contributed by atoms with van der Waals surface area (Å²) >= 11 is 0. The van der Waals surface area contributed by atoms with Crippen LogP contribution >= 0.6 is 0 Å². The summed E-state index contributed by atoms with van der Waals surface area (Å²) in [5.74, 6) is -0.556. The molecule has 3 aromatic heterocycles. The van der Waals surface area contributed by atoms with Crippen LogP contribution in [0.3, 0.4) is 0 Å². The molecule has 3 rings (SSSR count). The molecule has 1 N–H and O–H groups in total. The Morgan fingerprint density at radius 1 is 1.28 bits per heavy atom. The first-order chi connectivity index (χ1) is 11.9. The third-order valence-electron chi connectivity index (χ3n) is 4.25. The van der Waals surface area contributed by atoms with Gasteiger partial charge in [0.2, 0.25) is 0 Å². The van der Waals surface area contributed by atoms with Crippen LogP contribution in [0.1, 0.15) is 39.2 Å². The third kappa shape index (κ3) is 2.88. The lowest BCUT2D eigenvalue weighted by molar-refractivity contribution is 0.0521. The fraction of sp³-hybridized carbons (Fsp3) is 0.278. The van der Waals surface area contributed by atoms with Crippen LogP contribution in [0.4, 0.5) is 5.82 Å². The Bertz CT molecular complexity index is 968. The largest absolute Gasteiger partial charge is 0.461 e. The van der Waals surface area contributed by atoms with E-state index in [0.29, 0.717) is 17.0 Å². The molecule has 1 amide bonds. The average Bonchev–Trinajstić information content (AvgIpc) is 3.08. The van der Waals surface area contributed by atoms with Crippen molar-refractivity contribution in [2.75, 3.05) is 11.9 Å². The summed E-state index contributed by atoms with van der Waals surface area (Å²) < 4.78 is 8.66. The molecule has 0 bridgehead atoms. The molecule has 0 saturated heterocycles. The zero-order valence-corrected chi connectivity index (χ0v) is 14.7. The number of fused-ring (bicyclic) bond motifs is 1. The molecule has 7 nitrogen and oxygen atoms in total. The van der Waals surface area contributed by atoms with Crippen LogP contribution in [0, 0.1) is 13.8 Å². The first kappa shape index (κ1) is 16.8. The summed E-state index contributed by atoms with van der Waals surface area (Å²) in [6.07, 6.45) is 1.74. The van der Waals surface area contributed by atoms with Gasteiger partial charge in [-0.15, -0.1) is 0 Å². The molecule has 0 aliphatic carbocycles. The number of hydrogen-bond donors (Lipinski definition) is 1. The third-order valence-corrected chi connectivity index (χ3v) is 4.25. The number of carbonyl (C=O) groups is 2. The highest BCUT2D eigenvalue weighted by molar-refractivity contribution is 6.08. The minimum absolute atomic E-state index is 0.0895. The van der Waals surface area contributed by atoms with E-state index in [1.165, 1.54) is 0 Å². The number of aryl methyl sites for hydroxylation is 1. The quantitative estimate of drug-likeness (QED) is 0.741. The van der Waals surface area contributed by atoms with E-state index < -0.39 is 5.97 Å². The Hall–Kier alpha value is -3.09. The lowest BCUT2D eigenvalue weighted by atomic mass is 10.2. The molecule has 0 atom stereocenters. The molecule has 130 valence electrons. The standard InChI is InChI=1S/C18H20N4O3/c1-5-25-18(24)15-16(22-9-7-6-8-14(22)19-15)20-17(23)13-10-11(2)21(4)12(13)3/h6-10H,5H2,1-4H3,(H,20,23). The van der Waals surface area contributed by atoms with E-state index in [2.05, 4.69) is 10.3 Å². The highest BCUT2D eigenvalue weighted by Crippen LogP contribution is 2.21. The molecule has 0 aliphatic heterocycles. The van der Waals surface area contributed by atoms with Gasteiger partial charge in [-0.2, -0.15) is 0 Å². The van der Waals surface area contributed by atoms with Crippen molar-refractivity contribution in [1.29, 1.82) is 0 Å². The molecule has 0 saturated carbocycles. The first-order valence-electron chi connectivity index (χ1n) is 8.02. The van der Waals surface area contributed by atoms with Crippen molar-refractivity contribution in [1.82, 2.24) is 14.0 Å². The van der Waals surface area contributed by atoms with Gasteiger partial charge in [0.05, 0.1) is 12.2 Å². The second kappa shape index (κ2) is 6.43. The van der Waals surface area contributed by atoms with Gasteiger partial charge in [-0.25, -0.2) is 9.78 Å². The number of carbonyl (C=O) groups excluding carboxylic acids is 2. The van der Waals surface area contributed by atoms with Crippen molar-refractivity contribution in [3.63, 3.8) is 0 Å². The van der Waals surface area contributed by atoms with Gasteiger partial charge >= 0.3 is 5.97 Å². The Morgan fingerprint density at radius 2 is 2.04 bits per heavy atom. The number of hydrogen-bond acceptors (Lipinski definition) is 4. The zero-order valence-electron chi connectivity index (χ0n) is 14.7. The van der Waals surface area contributed by atoms with Gasteiger partial charge in [0.25, 0.3) is 5.91 Å². The van der Waals surface area contributed by atoms with Crippen LogP contribution in [0.25, 0.3) is 5.65 Å². The van der Waals surface area contributed by atoms with Crippen LogP contribution in [-0.2, 0) is 11.8 Å². The van der Waals surface area contributed by atoms with Crippen molar-refractivity contribution in [3.8, 4) is 0 Å². The lowest BCUT2D eigenvalue weighted by Crippen LogP contribution is -2.17. The molecular weight excluding hydrogens is 320 g/mol. The molecular formula is C18H20N4O3. The van der Waals surface area contributed by atoms with Gasteiger partial charge in [-0.3, -0.25) is 9.20 Å². The van der Waals surface area contributed by atoms with E-state index >= 15 is 0 Å². The van der Waals surface area contributed by atoms with Gasteiger partial charge in [0.15, 0.2) is 11.5 Å². The number of ether oxygens (including phenoxy) is 1. The Kier molecular flexibility index (Phi) is 4.31. The number of imidazole rings is 1. The maximum atomic E-state index is 12.8. The van der Waals surface area contributed by atoms with Gasteiger partial charge in [-0.05, 0) is 39.0 Å². The summed E-state index contributed by atoms with van der Waals surface area (Å²) in [6.45, 7) is 5.77. The van der Waals surface area contributed by atoms with Crippen LogP contribution in [0.5, 0.6) is 0 Å². The monoisotopic (exact) mass is 340 g/mol. The van der Waals surface area contributed by atoms with E-state index in [9.17, 15) is 9.59 Å². The maximum absolute atomic E-state index is 12.8. The van der Waals surface area contributed by atoms with E-state index in [1.54, 1.807) is 29.7 Å². The molecule has 0 radical (unpaired) electrons. The van der Waals surface area contributed by atoms with Gasteiger partial charge in [0, 0.05) is 24.6 Å². The first-order valence-corrected chi connectivity index (χ1v) is 8.02. The SMILES string of the molecule is CCOC(=O)c1nc2ccccn2c1NC(=O)c1cc(C)n(C)c1C. The van der Waals surface area contributed by atoms with E-state index in [0.717, 1.165) is 11.4 Å². The number of nitrogens with one attached hydrogen (secondary N) is 1. The molecule has 25 heavy (non-hydrogen) atoms. The summed E-state index contributed by atoms with van der Waals surface area (Å²) in [7, 11) is 1.90. The molecule has 0 aromatic carbocycles. The minimum Gasteiger partial charge on any atom is -0.461 e. The van der Waals surface area contributed by atoms with E-state index in [1.807, 2.05) is 37.6 Å². The molecule has 0 fully saturated rings. The van der Waals surface area contributed by atoms with Crippen LogP contribution in [-0.4, -0.2) is 32.4 Å². The maximum Gasteiger partial charge on any atom is 0.360 e. The van der Waals surface area contributed by atoms with Gasteiger partial charge in [0.1, 0.15) is 5.65 Å². The lowest BCUT2D eigenvalue weighted by Gasteiger charge is -2.07. The molecule has 3 aromatic rings. The van der Waals surface area contributed by atoms with Crippen molar-refractivity contribution >= 4 is 23.3 Å². The fourth-order valence-electron chi connectivity index (χ4n) is 2.72. The van der Waals surface area contributed by atoms with Crippen molar-refractivity contribution < 1.29 is 14.3 Å². The number of pyridine rings is 1. The van der Waals surface area contributed by atoms with Crippen LogP contribution < -0.4 is 5.32 Å². The number of anilines is 1. The smallest absolute Gasteiger partial charge is 0.360 e. The van der Waals surface area contributed by atoms with Crippen molar-refractivity contribution in [2.24, 2.45) is 7.05 Å². The number of nitrogens with zero attached hydrogens (tertiary/aromatic N) is 3. The predicted molar refractivity (Wildman–Crippen MR) is 94.0 cm³/mol. The summed E-state index contributed by atoms with van der Waals surface area (Å²) in [5, 5.41) is 2.82. The number of amides is 1. The molecule has 0 spiro atoms. The average molecular weight is 340 g/mol. The summed E-state index contributed by atoms with van der Waals surface area (Å²) in [6, 6.07) is 7.19. The van der Waals surface area contributed by atoms with Crippen molar-refractivity contribution in [2.45, 2.75) is 20.8 Å². The second-order valence-electron chi connectivity index (χ2n) is 5.76. The number of rotatable bonds is 4.